The van der Waals surface area contributed by atoms with Crippen molar-refractivity contribution in [3.8, 4) is 0 Å². The van der Waals surface area contributed by atoms with Gasteiger partial charge in [0, 0.05) is 12.0 Å². The third-order valence-corrected chi connectivity index (χ3v) is 2.91. The maximum Gasteiger partial charge on any atom is 0.184 e. The normalized spacial score (nSPS) is 29.0. The molecule has 1 aromatic rings. The first-order valence-corrected chi connectivity index (χ1v) is 5.86. The zero-order valence-electron chi connectivity index (χ0n) is 10.5. The molecule has 1 heterocycles. The molecule has 1 aromatic carbocycles. The van der Waals surface area contributed by atoms with Gasteiger partial charge in [-0.05, 0) is 27.7 Å². The van der Waals surface area contributed by atoms with Gasteiger partial charge in [-0.2, -0.15) is 0 Å². The van der Waals surface area contributed by atoms with Gasteiger partial charge in [-0.1, -0.05) is 29.8 Å². The quantitative estimate of drug-likeness (QED) is 0.720. The molecule has 0 spiro atoms. The van der Waals surface area contributed by atoms with Crippen molar-refractivity contribution in [1.29, 1.82) is 0 Å². The van der Waals surface area contributed by atoms with E-state index < -0.39 is 0 Å². The molecule has 0 aliphatic carbocycles. The number of rotatable bonds is 1. The summed E-state index contributed by atoms with van der Waals surface area (Å²) in [6.45, 7) is 8.42. The van der Waals surface area contributed by atoms with Crippen LogP contribution < -0.4 is 0 Å². The molecule has 1 aliphatic heterocycles. The second-order valence-corrected chi connectivity index (χ2v) is 5.27. The summed E-state index contributed by atoms with van der Waals surface area (Å²) in [4.78, 5) is 0. The minimum Gasteiger partial charge on any atom is -0.345 e. The topological polar surface area (TPSA) is 18.5 Å². The second-order valence-electron chi connectivity index (χ2n) is 5.27. The average molecular weight is 220 g/mol. The van der Waals surface area contributed by atoms with Gasteiger partial charge >= 0.3 is 0 Å². The first-order valence-electron chi connectivity index (χ1n) is 5.86. The van der Waals surface area contributed by atoms with Crippen molar-refractivity contribution in [3.05, 3.63) is 35.4 Å². The van der Waals surface area contributed by atoms with E-state index in [0.29, 0.717) is 0 Å². The summed E-state index contributed by atoms with van der Waals surface area (Å²) < 4.78 is 11.8. The van der Waals surface area contributed by atoms with Crippen molar-refractivity contribution in [3.63, 3.8) is 0 Å². The third-order valence-electron chi connectivity index (χ3n) is 2.91. The lowest BCUT2D eigenvalue weighted by atomic mass is 9.99. The lowest BCUT2D eigenvalue weighted by Crippen LogP contribution is -2.38. The molecule has 16 heavy (non-hydrogen) atoms. The van der Waals surface area contributed by atoms with E-state index in [1.807, 2.05) is 0 Å². The first kappa shape index (κ1) is 11.6. The van der Waals surface area contributed by atoms with Crippen LogP contribution in [0.4, 0.5) is 0 Å². The summed E-state index contributed by atoms with van der Waals surface area (Å²) in [5.74, 6) is 0. The van der Waals surface area contributed by atoms with Crippen molar-refractivity contribution < 1.29 is 9.47 Å². The Morgan fingerprint density at radius 1 is 1.19 bits per heavy atom. The first-order chi connectivity index (χ1) is 7.46. The fourth-order valence-corrected chi connectivity index (χ4v) is 2.19. The van der Waals surface area contributed by atoms with E-state index in [1.54, 1.807) is 0 Å². The van der Waals surface area contributed by atoms with Crippen molar-refractivity contribution >= 4 is 0 Å². The van der Waals surface area contributed by atoms with Crippen molar-refractivity contribution in [1.82, 2.24) is 0 Å². The van der Waals surface area contributed by atoms with E-state index >= 15 is 0 Å². The van der Waals surface area contributed by atoms with Crippen molar-refractivity contribution in [2.24, 2.45) is 0 Å². The monoisotopic (exact) mass is 220 g/mol. The molecule has 88 valence electrons. The Kier molecular flexibility index (Phi) is 3.04. The zero-order chi connectivity index (χ0) is 11.8. The van der Waals surface area contributed by atoms with Crippen LogP contribution in [0.3, 0.4) is 0 Å². The largest absolute Gasteiger partial charge is 0.345 e. The molecule has 0 unspecified atom stereocenters. The van der Waals surface area contributed by atoms with E-state index in [2.05, 4.69) is 52.0 Å². The van der Waals surface area contributed by atoms with Crippen LogP contribution in [0, 0.1) is 6.92 Å². The van der Waals surface area contributed by atoms with Gasteiger partial charge in [0.25, 0.3) is 0 Å². The maximum absolute atomic E-state index is 5.95. The van der Waals surface area contributed by atoms with Crippen LogP contribution in [0.1, 0.15) is 44.6 Å². The van der Waals surface area contributed by atoms with Gasteiger partial charge < -0.3 is 9.47 Å². The Morgan fingerprint density at radius 2 is 1.81 bits per heavy atom. The maximum atomic E-state index is 5.95. The molecule has 0 aromatic heterocycles. The highest BCUT2D eigenvalue weighted by atomic mass is 16.7. The van der Waals surface area contributed by atoms with Crippen LogP contribution in [-0.4, -0.2) is 11.7 Å². The smallest absolute Gasteiger partial charge is 0.184 e. The molecule has 0 N–H and O–H groups in total. The van der Waals surface area contributed by atoms with E-state index in [1.165, 1.54) is 5.56 Å². The number of hydrogen-bond donors (Lipinski definition) is 0. The minimum absolute atomic E-state index is 0.104. The number of ether oxygens (including phenoxy) is 2. The molecule has 0 saturated carbocycles. The highest BCUT2D eigenvalue weighted by Gasteiger charge is 2.33. The van der Waals surface area contributed by atoms with Crippen LogP contribution in [0.15, 0.2) is 24.3 Å². The van der Waals surface area contributed by atoms with Gasteiger partial charge in [0.15, 0.2) is 6.29 Å². The zero-order valence-corrected chi connectivity index (χ0v) is 10.5. The van der Waals surface area contributed by atoms with Crippen LogP contribution in [0.5, 0.6) is 0 Å². The van der Waals surface area contributed by atoms with Crippen LogP contribution in [0.2, 0.25) is 0 Å². The van der Waals surface area contributed by atoms with E-state index in [9.17, 15) is 0 Å². The predicted molar refractivity (Wildman–Crippen MR) is 64.2 cm³/mol. The van der Waals surface area contributed by atoms with Gasteiger partial charge in [-0.3, -0.25) is 0 Å². The molecule has 1 saturated heterocycles. The fourth-order valence-electron chi connectivity index (χ4n) is 2.19. The molecule has 1 fully saturated rings. The predicted octanol–water partition coefficient (Wildman–Crippen LogP) is 3.60. The molecule has 2 atom stereocenters. The van der Waals surface area contributed by atoms with Gasteiger partial charge in [-0.15, -0.1) is 0 Å². The van der Waals surface area contributed by atoms with Gasteiger partial charge in [0.1, 0.15) is 0 Å². The number of benzene rings is 1. The second kappa shape index (κ2) is 4.19. The Hall–Kier alpha value is -0.860. The Morgan fingerprint density at radius 3 is 2.38 bits per heavy atom. The van der Waals surface area contributed by atoms with Crippen molar-refractivity contribution in [2.45, 2.75) is 52.1 Å². The number of aryl methyl sites for hydroxylation is 1. The Labute approximate surface area is 97.6 Å². The molecule has 2 rings (SSSR count). The average Bonchev–Trinajstić information content (AvgIpc) is 2.15. The Balaban J connectivity index is 2.17. The number of hydrogen-bond acceptors (Lipinski definition) is 2. The molecule has 0 bridgehead atoms. The summed E-state index contributed by atoms with van der Waals surface area (Å²) in [6, 6.07) is 8.34. The summed E-state index contributed by atoms with van der Waals surface area (Å²) in [7, 11) is 0. The highest BCUT2D eigenvalue weighted by molar-refractivity contribution is 5.22. The molecule has 1 aliphatic rings. The summed E-state index contributed by atoms with van der Waals surface area (Å²) in [5, 5.41) is 0. The van der Waals surface area contributed by atoms with Gasteiger partial charge in [-0.25, -0.2) is 0 Å². The van der Waals surface area contributed by atoms with Gasteiger partial charge in [0.05, 0.1) is 11.7 Å². The molecular formula is C14H20O2. The summed E-state index contributed by atoms with van der Waals surface area (Å²) >= 11 is 0. The van der Waals surface area contributed by atoms with Crippen molar-refractivity contribution in [2.75, 3.05) is 0 Å². The van der Waals surface area contributed by atoms with E-state index in [4.69, 9.17) is 9.47 Å². The SMILES string of the molecule is Cc1ccc([C@@H]2O[C@H](C)CC(C)(C)O2)cc1. The molecule has 2 heteroatoms. The Bertz CT molecular complexity index is 354. The third kappa shape index (κ3) is 2.63. The van der Waals surface area contributed by atoms with Crippen LogP contribution in [0.25, 0.3) is 0 Å². The molecule has 2 nitrogen and oxygen atoms in total. The van der Waals surface area contributed by atoms with Crippen LogP contribution >= 0.6 is 0 Å². The van der Waals surface area contributed by atoms with Crippen LogP contribution in [-0.2, 0) is 9.47 Å². The lowest BCUT2D eigenvalue weighted by Gasteiger charge is -2.39. The highest BCUT2D eigenvalue weighted by Crippen LogP contribution is 2.35. The molecule has 0 amide bonds. The minimum atomic E-state index is -0.223. The van der Waals surface area contributed by atoms with E-state index in [-0.39, 0.29) is 18.0 Å². The fraction of sp³-hybridized carbons (Fsp3) is 0.571. The summed E-state index contributed by atoms with van der Waals surface area (Å²) in [6.07, 6.45) is 0.962. The summed E-state index contributed by atoms with van der Waals surface area (Å²) in [5.41, 5.74) is 2.25. The standard InChI is InChI=1S/C14H20O2/c1-10-5-7-12(8-6-10)13-15-11(2)9-14(3,4)16-13/h5-8,11,13H,9H2,1-4H3/t11-,13-/m1/s1. The lowest BCUT2D eigenvalue weighted by molar-refractivity contribution is -0.273. The van der Waals surface area contributed by atoms with Gasteiger partial charge in [0.2, 0.25) is 0 Å². The molecule has 0 radical (unpaired) electrons. The van der Waals surface area contributed by atoms with E-state index in [0.717, 1.165) is 12.0 Å². The molecular weight excluding hydrogens is 200 g/mol.